The molecule has 62 valence electrons. The summed E-state index contributed by atoms with van der Waals surface area (Å²) in [5.41, 5.74) is 0. The van der Waals surface area contributed by atoms with Gasteiger partial charge in [-0.3, -0.25) is 4.79 Å². The Morgan fingerprint density at radius 2 is 1.73 bits per heavy atom. The van der Waals surface area contributed by atoms with Gasteiger partial charge in [-0.25, -0.2) is 0 Å². The van der Waals surface area contributed by atoms with Gasteiger partial charge in [0, 0.05) is 34.1 Å². The molecule has 11 heavy (non-hydrogen) atoms. The maximum atomic E-state index is 10.0. The Hall–Kier alpha value is 0.405. The first-order valence-electron chi connectivity index (χ1n) is 3.99. The Bertz CT molecular complexity index is 94.1. The van der Waals surface area contributed by atoms with E-state index < -0.39 is 5.97 Å². The molecule has 2 nitrogen and oxygen atoms in total. The first kappa shape index (κ1) is 14.0. The van der Waals surface area contributed by atoms with E-state index in [4.69, 9.17) is 5.11 Å². The van der Waals surface area contributed by atoms with Crippen LogP contribution in [0.1, 0.15) is 45.4 Å². The summed E-state index contributed by atoms with van der Waals surface area (Å²) in [5, 5.41) is 8.27. The van der Waals surface area contributed by atoms with Crippen molar-refractivity contribution in [2.75, 3.05) is 0 Å². The molecule has 0 aromatic heterocycles. The number of carbonyl (C=O) groups is 1. The van der Waals surface area contributed by atoms with Crippen LogP contribution in [0, 0.1) is 0 Å². The van der Waals surface area contributed by atoms with Crippen molar-refractivity contribution in [3.05, 3.63) is 0 Å². The number of hydrogen-bond acceptors (Lipinski definition) is 1. The van der Waals surface area contributed by atoms with Gasteiger partial charge in [0.2, 0.25) is 0 Å². The van der Waals surface area contributed by atoms with E-state index in [0.29, 0.717) is 6.42 Å². The molecular weight excluding hydrogens is 329 g/mol. The summed E-state index contributed by atoms with van der Waals surface area (Å²) < 4.78 is 0. The van der Waals surface area contributed by atoms with Crippen LogP contribution in [0.15, 0.2) is 0 Å². The smallest absolute Gasteiger partial charge is 0.303 e. The zero-order chi connectivity index (χ0) is 7.82. The van der Waals surface area contributed by atoms with Gasteiger partial charge >= 0.3 is 5.97 Å². The van der Waals surface area contributed by atoms with E-state index in [1.807, 2.05) is 0 Å². The van der Waals surface area contributed by atoms with E-state index in [1.54, 1.807) is 0 Å². The Labute approximate surface area is 88.9 Å². The second-order valence-corrected chi connectivity index (χ2v) is 2.56. The molecule has 0 spiro atoms. The molecule has 0 aliphatic heterocycles. The van der Waals surface area contributed by atoms with Crippen molar-refractivity contribution in [3.8, 4) is 0 Å². The SMILES string of the molecule is CCCCCCCC(=O)O.[Hg]. The molecule has 3 heteroatoms. The van der Waals surface area contributed by atoms with Crippen LogP contribution in [-0.2, 0) is 32.5 Å². The Balaban J connectivity index is 0. The molecule has 0 heterocycles. The van der Waals surface area contributed by atoms with Crippen LogP contribution >= 0.6 is 0 Å². The molecule has 0 atom stereocenters. The minimum absolute atomic E-state index is 0. The van der Waals surface area contributed by atoms with Crippen molar-refractivity contribution in [1.29, 1.82) is 0 Å². The van der Waals surface area contributed by atoms with Gasteiger partial charge < -0.3 is 5.11 Å². The third kappa shape index (κ3) is 13.4. The average Bonchev–Trinajstić information content (AvgIpc) is 1.87. The average molecular weight is 345 g/mol. The van der Waals surface area contributed by atoms with Gasteiger partial charge in [-0.2, -0.15) is 0 Å². The van der Waals surface area contributed by atoms with Crippen molar-refractivity contribution in [3.63, 3.8) is 0 Å². The Morgan fingerprint density at radius 1 is 1.18 bits per heavy atom. The quantitative estimate of drug-likeness (QED) is 0.593. The van der Waals surface area contributed by atoms with Crippen molar-refractivity contribution in [1.82, 2.24) is 0 Å². The monoisotopic (exact) mass is 346 g/mol. The third-order valence-electron chi connectivity index (χ3n) is 1.49. The molecule has 0 aromatic rings. The van der Waals surface area contributed by atoms with Crippen LogP contribution in [-0.4, -0.2) is 11.1 Å². The second kappa shape index (κ2) is 10.4. The number of hydrogen-bond donors (Lipinski definition) is 1. The van der Waals surface area contributed by atoms with Crippen molar-refractivity contribution < 1.29 is 37.6 Å². The maximum Gasteiger partial charge on any atom is 0.303 e. The standard InChI is InChI=1S/C8H16O2.Hg/c1-2-3-4-5-6-7-8(9)10;/h2-7H2,1H3,(H,9,10);. The van der Waals surface area contributed by atoms with Gasteiger partial charge in [-0.15, -0.1) is 0 Å². The topological polar surface area (TPSA) is 37.3 Å². The predicted molar refractivity (Wildman–Crippen MR) is 41.0 cm³/mol. The fraction of sp³-hybridized carbons (Fsp3) is 0.875. The van der Waals surface area contributed by atoms with Gasteiger partial charge in [-0.05, 0) is 6.42 Å². The molecule has 0 saturated heterocycles. The molecule has 1 N–H and O–H groups in total. The summed E-state index contributed by atoms with van der Waals surface area (Å²) in [7, 11) is 0. The van der Waals surface area contributed by atoms with E-state index >= 15 is 0 Å². The summed E-state index contributed by atoms with van der Waals surface area (Å²) in [5.74, 6) is -0.670. The van der Waals surface area contributed by atoms with Gasteiger partial charge in [0.1, 0.15) is 0 Å². The third-order valence-corrected chi connectivity index (χ3v) is 1.49. The summed E-state index contributed by atoms with van der Waals surface area (Å²) in [6, 6.07) is 0. The Kier molecular flexibility index (Phi) is 13.2. The molecule has 0 unspecified atom stereocenters. The fourth-order valence-electron chi connectivity index (χ4n) is 0.880. The van der Waals surface area contributed by atoms with Gasteiger partial charge in [0.15, 0.2) is 0 Å². The minimum atomic E-state index is -0.670. The Morgan fingerprint density at radius 3 is 2.18 bits per heavy atom. The number of aliphatic carboxylic acids is 1. The second-order valence-electron chi connectivity index (χ2n) is 2.56. The maximum absolute atomic E-state index is 10.0. The van der Waals surface area contributed by atoms with Crippen LogP contribution in [0.2, 0.25) is 0 Å². The largest absolute Gasteiger partial charge is 0.481 e. The molecule has 0 fully saturated rings. The first-order valence-corrected chi connectivity index (χ1v) is 3.99. The van der Waals surface area contributed by atoms with E-state index in [-0.39, 0.29) is 27.7 Å². The number of rotatable bonds is 6. The van der Waals surface area contributed by atoms with Crippen molar-refractivity contribution in [2.24, 2.45) is 0 Å². The molecule has 0 saturated carbocycles. The van der Waals surface area contributed by atoms with Crippen molar-refractivity contribution >= 4 is 5.97 Å². The molecule has 0 aliphatic carbocycles. The summed E-state index contributed by atoms with van der Waals surface area (Å²) in [6.45, 7) is 2.15. The van der Waals surface area contributed by atoms with E-state index in [2.05, 4.69) is 6.92 Å². The van der Waals surface area contributed by atoms with Gasteiger partial charge in [0.25, 0.3) is 0 Å². The first-order chi connectivity index (χ1) is 4.77. The summed E-state index contributed by atoms with van der Waals surface area (Å²) >= 11 is 0. The minimum Gasteiger partial charge on any atom is -0.481 e. The van der Waals surface area contributed by atoms with Gasteiger partial charge in [-0.1, -0.05) is 32.6 Å². The molecule has 0 aliphatic rings. The van der Waals surface area contributed by atoms with Gasteiger partial charge in [0.05, 0.1) is 0 Å². The molecule has 0 amide bonds. The predicted octanol–water partition coefficient (Wildman–Crippen LogP) is 2.43. The summed E-state index contributed by atoms with van der Waals surface area (Å²) in [4.78, 5) is 10.0. The van der Waals surface area contributed by atoms with Crippen molar-refractivity contribution in [2.45, 2.75) is 45.4 Å². The number of unbranched alkanes of at least 4 members (excludes halogenated alkanes) is 4. The van der Waals surface area contributed by atoms with Crippen LogP contribution in [0.3, 0.4) is 0 Å². The summed E-state index contributed by atoms with van der Waals surface area (Å²) in [6.07, 6.45) is 5.88. The fourth-order valence-corrected chi connectivity index (χ4v) is 0.880. The van der Waals surface area contributed by atoms with E-state index in [1.165, 1.54) is 19.3 Å². The number of carboxylic acid groups (broad SMARTS) is 1. The van der Waals surface area contributed by atoms with Crippen LogP contribution in [0.4, 0.5) is 0 Å². The molecular formula is C8H16HgO2. The van der Waals surface area contributed by atoms with Crippen LogP contribution in [0.25, 0.3) is 0 Å². The van der Waals surface area contributed by atoms with Crippen LogP contribution in [0.5, 0.6) is 0 Å². The molecule has 0 rings (SSSR count). The van der Waals surface area contributed by atoms with Crippen LogP contribution < -0.4 is 0 Å². The number of carboxylic acids is 1. The molecule has 0 radical (unpaired) electrons. The molecule has 0 aromatic carbocycles. The normalized spacial score (nSPS) is 8.82. The zero-order valence-corrected chi connectivity index (χ0v) is 12.8. The van der Waals surface area contributed by atoms with E-state index in [0.717, 1.165) is 12.8 Å². The molecule has 0 bridgehead atoms. The zero-order valence-electron chi connectivity index (χ0n) is 7.31. The van der Waals surface area contributed by atoms with E-state index in [9.17, 15) is 4.79 Å².